The largest absolute Gasteiger partial charge is 0.306 e. The van der Waals surface area contributed by atoms with Crippen molar-refractivity contribution in [1.82, 2.24) is 4.90 Å². The number of hydrogen-bond donors (Lipinski definition) is 0. The molecule has 0 atom stereocenters. The number of benzene rings is 1. The number of halogens is 2. The van der Waals surface area contributed by atoms with Gasteiger partial charge in [0.15, 0.2) is 0 Å². The van der Waals surface area contributed by atoms with Gasteiger partial charge in [0, 0.05) is 22.3 Å². The lowest BCUT2D eigenvalue weighted by molar-refractivity contribution is -0.384. The van der Waals surface area contributed by atoms with Gasteiger partial charge in [-0.25, -0.2) is 0 Å². The van der Waals surface area contributed by atoms with Gasteiger partial charge in [0.2, 0.25) is 0 Å². The molecule has 4 nitrogen and oxygen atoms in total. The number of thioether (sulfide) groups is 1. The fourth-order valence-corrected chi connectivity index (χ4v) is 3.90. The minimum atomic E-state index is -0.484. The molecule has 1 aliphatic rings. The molecule has 1 aromatic rings. The first-order valence-electron chi connectivity index (χ1n) is 5.96. The quantitative estimate of drug-likeness (QED) is 0.621. The van der Waals surface area contributed by atoms with E-state index >= 15 is 0 Å². The molecule has 19 heavy (non-hydrogen) atoms. The Morgan fingerprint density at radius 3 is 2.32 bits per heavy atom. The Morgan fingerprint density at radius 2 is 1.84 bits per heavy atom. The van der Waals surface area contributed by atoms with Crippen LogP contribution in [0.2, 0.25) is 10.0 Å². The second-order valence-electron chi connectivity index (χ2n) is 4.62. The van der Waals surface area contributed by atoms with Gasteiger partial charge in [-0.15, -0.1) is 11.8 Å². The van der Waals surface area contributed by atoms with Gasteiger partial charge in [0.1, 0.15) is 0 Å². The first kappa shape index (κ1) is 14.9. The Balaban J connectivity index is 2.14. The maximum Gasteiger partial charge on any atom is 0.272 e. The number of nitro groups is 1. The molecule has 1 saturated heterocycles. The molecule has 0 aliphatic carbocycles. The minimum Gasteiger partial charge on any atom is -0.306 e. The predicted octanol–water partition coefficient (Wildman–Crippen LogP) is 4.09. The van der Waals surface area contributed by atoms with Gasteiger partial charge in [-0.1, -0.05) is 23.2 Å². The van der Waals surface area contributed by atoms with Crippen LogP contribution in [-0.4, -0.2) is 35.2 Å². The Morgan fingerprint density at radius 1 is 1.32 bits per heavy atom. The lowest BCUT2D eigenvalue weighted by atomic mass is 10.1. The molecule has 0 spiro atoms. The Hall–Kier alpha value is -0.490. The molecule has 1 aromatic carbocycles. The van der Waals surface area contributed by atoms with Crippen LogP contribution < -0.4 is 0 Å². The van der Waals surface area contributed by atoms with Gasteiger partial charge in [-0.05, 0) is 33.0 Å². The van der Waals surface area contributed by atoms with E-state index in [4.69, 9.17) is 23.2 Å². The highest BCUT2D eigenvalue weighted by atomic mass is 35.5. The molecular weight excluding hydrogens is 307 g/mol. The summed E-state index contributed by atoms with van der Waals surface area (Å²) >= 11 is 13.8. The lowest BCUT2D eigenvalue weighted by Gasteiger charge is -2.28. The zero-order valence-corrected chi connectivity index (χ0v) is 12.8. The maximum atomic E-state index is 10.7. The van der Waals surface area contributed by atoms with E-state index in [0.717, 1.165) is 30.8 Å². The summed E-state index contributed by atoms with van der Waals surface area (Å²) in [6.07, 6.45) is 2.15. The SMILES string of the molecule is CN1CCC(Sc2c(Cl)cc([N+](=O)[O-])cc2Cl)CC1. The number of nitrogens with zero attached hydrogens (tertiary/aromatic N) is 2. The molecule has 2 rings (SSSR count). The Labute approximate surface area is 126 Å². The zero-order valence-electron chi connectivity index (χ0n) is 10.4. The average Bonchev–Trinajstić information content (AvgIpc) is 2.35. The van der Waals surface area contributed by atoms with Crippen molar-refractivity contribution in [2.75, 3.05) is 20.1 Å². The summed E-state index contributed by atoms with van der Waals surface area (Å²) in [7, 11) is 2.10. The number of hydrogen-bond acceptors (Lipinski definition) is 4. The van der Waals surface area contributed by atoms with Crippen molar-refractivity contribution in [2.24, 2.45) is 0 Å². The monoisotopic (exact) mass is 320 g/mol. The molecule has 1 aliphatic heterocycles. The van der Waals surface area contributed by atoms with Crippen molar-refractivity contribution in [2.45, 2.75) is 23.0 Å². The maximum absolute atomic E-state index is 10.7. The van der Waals surface area contributed by atoms with Crippen LogP contribution in [0.4, 0.5) is 5.69 Å². The molecule has 0 saturated carbocycles. The van der Waals surface area contributed by atoms with Crippen LogP contribution in [0.3, 0.4) is 0 Å². The highest BCUT2D eigenvalue weighted by Crippen LogP contribution is 2.41. The summed E-state index contributed by atoms with van der Waals surface area (Å²) in [4.78, 5) is 13.3. The van der Waals surface area contributed by atoms with E-state index in [2.05, 4.69) is 11.9 Å². The molecule has 1 fully saturated rings. The van der Waals surface area contributed by atoms with E-state index in [-0.39, 0.29) is 5.69 Å². The number of likely N-dealkylation sites (tertiary alicyclic amines) is 1. The summed E-state index contributed by atoms with van der Waals surface area (Å²) in [5.41, 5.74) is -0.0669. The Bertz CT molecular complexity index is 468. The minimum absolute atomic E-state index is 0.0669. The van der Waals surface area contributed by atoms with Gasteiger partial charge >= 0.3 is 0 Å². The molecule has 0 N–H and O–H groups in total. The van der Waals surface area contributed by atoms with Crippen LogP contribution in [0.25, 0.3) is 0 Å². The molecule has 104 valence electrons. The molecule has 0 aromatic heterocycles. The van der Waals surface area contributed by atoms with E-state index in [9.17, 15) is 10.1 Å². The van der Waals surface area contributed by atoms with Crippen LogP contribution in [0, 0.1) is 10.1 Å². The van der Waals surface area contributed by atoms with Gasteiger partial charge < -0.3 is 4.90 Å². The van der Waals surface area contributed by atoms with E-state index in [1.54, 1.807) is 11.8 Å². The summed E-state index contributed by atoms with van der Waals surface area (Å²) in [5.74, 6) is 0. The normalized spacial score (nSPS) is 17.6. The van der Waals surface area contributed by atoms with Crippen molar-refractivity contribution >= 4 is 40.7 Å². The second-order valence-corrected chi connectivity index (χ2v) is 6.74. The third kappa shape index (κ3) is 3.75. The third-order valence-corrected chi connectivity index (χ3v) is 5.44. The fraction of sp³-hybridized carbons (Fsp3) is 0.500. The average molecular weight is 321 g/mol. The van der Waals surface area contributed by atoms with Gasteiger partial charge in [0.25, 0.3) is 5.69 Å². The van der Waals surface area contributed by atoms with E-state index in [1.165, 1.54) is 12.1 Å². The van der Waals surface area contributed by atoms with Gasteiger partial charge in [-0.2, -0.15) is 0 Å². The molecule has 0 unspecified atom stereocenters. The first-order valence-corrected chi connectivity index (χ1v) is 7.59. The Kier molecular flexibility index (Phi) is 4.95. The summed E-state index contributed by atoms with van der Waals surface area (Å²) in [5, 5.41) is 11.9. The number of piperidine rings is 1. The number of nitro benzene ring substituents is 1. The number of non-ortho nitro benzene ring substituents is 1. The van der Waals surface area contributed by atoms with Crippen LogP contribution in [-0.2, 0) is 0 Å². The summed E-state index contributed by atoms with van der Waals surface area (Å²) < 4.78 is 0. The van der Waals surface area contributed by atoms with Crippen LogP contribution >= 0.6 is 35.0 Å². The van der Waals surface area contributed by atoms with Crippen molar-refractivity contribution in [3.8, 4) is 0 Å². The highest BCUT2D eigenvalue weighted by molar-refractivity contribution is 8.00. The lowest BCUT2D eigenvalue weighted by Crippen LogP contribution is -2.31. The summed E-state index contributed by atoms with van der Waals surface area (Å²) in [6.45, 7) is 2.11. The molecular formula is C12H14Cl2N2O2S. The van der Waals surface area contributed by atoms with Crippen molar-refractivity contribution < 1.29 is 4.92 Å². The standard InChI is InChI=1S/C12H14Cl2N2O2S/c1-15-4-2-9(3-5-15)19-12-10(13)6-8(16(17)18)7-11(12)14/h6-7,9H,2-5H2,1H3. The van der Waals surface area contributed by atoms with Crippen molar-refractivity contribution in [3.05, 3.63) is 32.3 Å². The van der Waals surface area contributed by atoms with E-state index < -0.39 is 4.92 Å². The summed E-state index contributed by atoms with van der Waals surface area (Å²) in [6, 6.07) is 2.73. The number of rotatable bonds is 3. The van der Waals surface area contributed by atoms with Gasteiger partial charge in [-0.3, -0.25) is 10.1 Å². The first-order chi connectivity index (χ1) is 8.97. The van der Waals surface area contributed by atoms with Crippen LogP contribution in [0.5, 0.6) is 0 Å². The third-order valence-electron chi connectivity index (χ3n) is 3.14. The molecule has 0 amide bonds. The smallest absolute Gasteiger partial charge is 0.272 e. The zero-order chi connectivity index (χ0) is 14.0. The topological polar surface area (TPSA) is 46.4 Å². The highest BCUT2D eigenvalue weighted by Gasteiger charge is 2.22. The predicted molar refractivity (Wildman–Crippen MR) is 79.5 cm³/mol. The fourth-order valence-electron chi connectivity index (χ4n) is 2.03. The molecule has 1 heterocycles. The van der Waals surface area contributed by atoms with Gasteiger partial charge in [0.05, 0.1) is 15.0 Å². The van der Waals surface area contributed by atoms with Crippen molar-refractivity contribution in [1.29, 1.82) is 0 Å². The van der Waals surface area contributed by atoms with Crippen molar-refractivity contribution in [3.63, 3.8) is 0 Å². The molecule has 7 heteroatoms. The van der Waals surface area contributed by atoms with Crippen LogP contribution in [0.1, 0.15) is 12.8 Å². The van der Waals surface area contributed by atoms with E-state index in [1.807, 2.05) is 0 Å². The second kappa shape index (κ2) is 6.31. The van der Waals surface area contributed by atoms with E-state index in [0.29, 0.717) is 15.3 Å². The van der Waals surface area contributed by atoms with Crippen LogP contribution in [0.15, 0.2) is 17.0 Å². The molecule has 0 bridgehead atoms. The molecule has 0 radical (unpaired) electrons.